The predicted octanol–water partition coefficient (Wildman–Crippen LogP) is 4.24. The van der Waals surface area contributed by atoms with Crippen molar-refractivity contribution >= 4 is 34.0 Å². The Morgan fingerprint density at radius 1 is 1.25 bits per heavy atom. The molecular formula is C15H15IN2O2. The Kier molecular flexibility index (Phi) is 4.94. The van der Waals surface area contributed by atoms with Gasteiger partial charge in [0, 0.05) is 27.4 Å². The number of nitro benzene ring substituents is 1. The van der Waals surface area contributed by atoms with Gasteiger partial charge in [0.2, 0.25) is 0 Å². The molecule has 2 aromatic rings. The Morgan fingerprint density at radius 3 is 2.55 bits per heavy atom. The lowest BCUT2D eigenvalue weighted by Crippen LogP contribution is -2.18. The van der Waals surface area contributed by atoms with Gasteiger partial charge in [-0.15, -0.1) is 0 Å². The Hall–Kier alpha value is -1.63. The van der Waals surface area contributed by atoms with E-state index in [-0.39, 0.29) is 16.7 Å². The molecule has 2 aromatic carbocycles. The van der Waals surface area contributed by atoms with Gasteiger partial charge in [0.15, 0.2) is 0 Å². The van der Waals surface area contributed by atoms with Crippen LogP contribution in [0.1, 0.15) is 12.5 Å². The predicted molar refractivity (Wildman–Crippen MR) is 89.0 cm³/mol. The first-order valence-corrected chi connectivity index (χ1v) is 7.38. The van der Waals surface area contributed by atoms with Crippen molar-refractivity contribution in [3.63, 3.8) is 0 Å². The molecule has 0 aliphatic rings. The lowest BCUT2D eigenvalue weighted by Gasteiger charge is -2.16. The van der Waals surface area contributed by atoms with Crippen molar-refractivity contribution in [2.24, 2.45) is 0 Å². The van der Waals surface area contributed by atoms with Crippen LogP contribution < -0.4 is 5.32 Å². The molecule has 0 heterocycles. The average Bonchev–Trinajstić information content (AvgIpc) is 2.42. The van der Waals surface area contributed by atoms with E-state index in [0.29, 0.717) is 0 Å². The number of anilines is 1. The van der Waals surface area contributed by atoms with Gasteiger partial charge in [0.05, 0.1) is 4.92 Å². The molecule has 0 aromatic heterocycles. The van der Waals surface area contributed by atoms with E-state index in [2.05, 4.69) is 47.0 Å². The number of hydrogen-bond donors (Lipinski definition) is 1. The first-order chi connectivity index (χ1) is 9.56. The van der Waals surface area contributed by atoms with Gasteiger partial charge in [0.1, 0.15) is 0 Å². The highest BCUT2D eigenvalue weighted by molar-refractivity contribution is 14.1. The fourth-order valence-corrected chi connectivity index (χ4v) is 2.67. The van der Waals surface area contributed by atoms with Crippen LogP contribution in [0.2, 0.25) is 0 Å². The molecule has 1 atom stereocenters. The molecule has 0 saturated heterocycles. The molecule has 0 aliphatic heterocycles. The second kappa shape index (κ2) is 6.69. The lowest BCUT2D eigenvalue weighted by molar-refractivity contribution is -0.384. The van der Waals surface area contributed by atoms with E-state index >= 15 is 0 Å². The normalized spacial score (nSPS) is 11.9. The summed E-state index contributed by atoms with van der Waals surface area (Å²) < 4.78 is 0.858. The molecule has 1 N–H and O–H groups in total. The zero-order chi connectivity index (χ0) is 14.5. The minimum absolute atomic E-state index is 0.121. The maximum Gasteiger partial charge on any atom is 0.270 e. The lowest BCUT2D eigenvalue weighted by atomic mass is 10.1. The molecule has 20 heavy (non-hydrogen) atoms. The van der Waals surface area contributed by atoms with Crippen molar-refractivity contribution in [1.29, 1.82) is 0 Å². The summed E-state index contributed by atoms with van der Waals surface area (Å²) in [6.07, 6.45) is 0.911. The summed E-state index contributed by atoms with van der Waals surface area (Å²) in [4.78, 5) is 10.3. The number of nitrogens with zero attached hydrogens (tertiary/aromatic N) is 1. The second-order valence-corrected chi connectivity index (χ2v) is 5.82. The number of non-ortho nitro benzene ring substituents is 1. The molecule has 5 heteroatoms. The van der Waals surface area contributed by atoms with Crippen molar-refractivity contribution in [3.8, 4) is 0 Å². The van der Waals surface area contributed by atoms with E-state index in [9.17, 15) is 10.1 Å². The Balaban J connectivity index is 2.04. The summed E-state index contributed by atoms with van der Waals surface area (Å²) in [7, 11) is 0. The number of rotatable bonds is 5. The molecule has 0 spiro atoms. The van der Waals surface area contributed by atoms with Gasteiger partial charge in [-0.25, -0.2) is 0 Å². The highest BCUT2D eigenvalue weighted by Crippen LogP contribution is 2.24. The summed E-state index contributed by atoms with van der Waals surface area (Å²) in [5, 5.41) is 14.1. The van der Waals surface area contributed by atoms with Crippen LogP contribution in [0.5, 0.6) is 0 Å². The quantitative estimate of drug-likeness (QED) is 0.478. The van der Waals surface area contributed by atoms with Gasteiger partial charge in [-0.3, -0.25) is 10.1 Å². The summed E-state index contributed by atoms with van der Waals surface area (Å²) in [5.74, 6) is 0. The van der Waals surface area contributed by atoms with Crippen molar-refractivity contribution in [1.82, 2.24) is 0 Å². The molecule has 0 bridgehead atoms. The molecule has 4 nitrogen and oxygen atoms in total. The largest absolute Gasteiger partial charge is 0.381 e. The van der Waals surface area contributed by atoms with Gasteiger partial charge in [0.25, 0.3) is 5.69 Å². The zero-order valence-corrected chi connectivity index (χ0v) is 13.2. The fraction of sp³-hybridized carbons (Fsp3) is 0.200. The maximum atomic E-state index is 10.7. The summed E-state index contributed by atoms with van der Waals surface area (Å²) in [6, 6.07) is 15.4. The molecule has 2 rings (SSSR count). The minimum Gasteiger partial charge on any atom is -0.381 e. The number of nitrogens with one attached hydrogen (secondary N) is 1. The van der Waals surface area contributed by atoms with Crippen LogP contribution in [0, 0.1) is 13.7 Å². The fourth-order valence-electron chi connectivity index (χ4n) is 2.02. The third kappa shape index (κ3) is 3.93. The van der Waals surface area contributed by atoms with Gasteiger partial charge < -0.3 is 5.32 Å². The van der Waals surface area contributed by atoms with Crippen molar-refractivity contribution in [3.05, 3.63) is 67.8 Å². The van der Waals surface area contributed by atoms with E-state index in [4.69, 9.17) is 0 Å². The van der Waals surface area contributed by atoms with E-state index in [1.165, 1.54) is 11.6 Å². The number of benzene rings is 2. The Labute approximate surface area is 131 Å². The Bertz CT molecular complexity index is 602. The molecule has 104 valence electrons. The van der Waals surface area contributed by atoms with E-state index in [1.807, 2.05) is 18.2 Å². The minimum atomic E-state index is -0.376. The average molecular weight is 382 g/mol. The molecule has 0 radical (unpaired) electrons. The van der Waals surface area contributed by atoms with Crippen LogP contribution in [0.3, 0.4) is 0 Å². The summed E-state index contributed by atoms with van der Waals surface area (Å²) >= 11 is 2.12. The number of hydrogen-bond acceptors (Lipinski definition) is 3. The van der Waals surface area contributed by atoms with Gasteiger partial charge >= 0.3 is 0 Å². The van der Waals surface area contributed by atoms with Gasteiger partial charge in [-0.1, -0.05) is 30.3 Å². The molecular weight excluding hydrogens is 367 g/mol. The summed E-state index contributed by atoms with van der Waals surface area (Å²) in [5.41, 5.74) is 2.32. The van der Waals surface area contributed by atoms with Crippen molar-refractivity contribution in [2.75, 3.05) is 5.32 Å². The first-order valence-electron chi connectivity index (χ1n) is 6.30. The smallest absolute Gasteiger partial charge is 0.270 e. The van der Waals surface area contributed by atoms with E-state index < -0.39 is 0 Å². The standard InChI is InChI=1S/C15H15IN2O2/c1-11(9-12-5-3-2-4-6-12)17-15-8-7-13(18(19)20)10-14(15)16/h2-8,10-11,17H,9H2,1H3. The van der Waals surface area contributed by atoms with Gasteiger partial charge in [-0.05, 0) is 47.6 Å². The van der Waals surface area contributed by atoms with Crippen LogP contribution in [0.4, 0.5) is 11.4 Å². The first kappa shape index (κ1) is 14.8. The molecule has 1 unspecified atom stereocenters. The van der Waals surface area contributed by atoms with Crippen LogP contribution in [-0.4, -0.2) is 11.0 Å². The van der Waals surface area contributed by atoms with Crippen LogP contribution in [-0.2, 0) is 6.42 Å². The second-order valence-electron chi connectivity index (χ2n) is 4.66. The van der Waals surface area contributed by atoms with Gasteiger partial charge in [-0.2, -0.15) is 0 Å². The maximum absolute atomic E-state index is 10.7. The van der Waals surface area contributed by atoms with E-state index in [0.717, 1.165) is 15.7 Å². The molecule has 0 fully saturated rings. The van der Waals surface area contributed by atoms with Crippen LogP contribution in [0.25, 0.3) is 0 Å². The van der Waals surface area contributed by atoms with Crippen molar-refractivity contribution < 1.29 is 4.92 Å². The van der Waals surface area contributed by atoms with E-state index in [1.54, 1.807) is 12.1 Å². The highest BCUT2D eigenvalue weighted by Gasteiger charge is 2.11. The zero-order valence-electron chi connectivity index (χ0n) is 11.0. The highest BCUT2D eigenvalue weighted by atomic mass is 127. The Morgan fingerprint density at radius 2 is 1.95 bits per heavy atom. The monoisotopic (exact) mass is 382 g/mol. The number of nitro groups is 1. The molecule has 0 aliphatic carbocycles. The molecule has 0 saturated carbocycles. The third-order valence-electron chi connectivity index (χ3n) is 2.95. The van der Waals surface area contributed by atoms with Crippen LogP contribution in [0.15, 0.2) is 48.5 Å². The number of halogens is 1. The topological polar surface area (TPSA) is 55.2 Å². The SMILES string of the molecule is CC(Cc1ccccc1)Nc1ccc([N+](=O)[O-])cc1I. The van der Waals surface area contributed by atoms with Crippen LogP contribution >= 0.6 is 22.6 Å². The third-order valence-corrected chi connectivity index (χ3v) is 3.84. The van der Waals surface area contributed by atoms with Crippen molar-refractivity contribution in [2.45, 2.75) is 19.4 Å². The molecule has 0 amide bonds. The summed E-state index contributed by atoms with van der Waals surface area (Å²) in [6.45, 7) is 2.10.